The van der Waals surface area contributed by atoms with Crippen molar-refractivity contribution in [1.29, 1.82) is 0 Å². The van der Waals surface area contributed by atoms with Gasteiger partial charge in [0.2, 0.25) is 0 Å². The van der Waals surface area contributed by atoms with Crippen LogP contribution in [-0.2, 0) is 14.3 Å². The zero-order chi connectivity index (χ0) is 15.9. The van der Waals surface area contributed by atoms with Crippen LogP contribution in [0.4, 0.5) is 0 Å². The number of esters is 1. The average Bonchev–Trinajstić information content (AvgIpc) is 2.46. The van der Waals surface area contributed by atoms with Gasteiger partial charge in [-0.25, -0.2) is 0 Å². The molecule has 0 aliphatic heterocycles. The van der Waals surface area contributed by atoms with Gasteiger partial charge in [-0.2, -0.15) is 0 Å². The van der Waals surface area contributed by atoms with Crippen LogP contribution in [0.1, 0.15) is 64.2 Å². The highest BCUT2D eigenvalue weighted by Gasteiger charge is 2.15. The third kappa shape index (κ3) is 13.4. The molecule has 0 heterocycles. The topological polar surface area (TPSA) is 89.6 Å². The van der Waals surface area contributed by atoms with Crippen molar-refractivity contribution in [3.63, 3.8) is 0 Å². The Morgan fingerprint density at radius 1 is 1.10 bits per heavy atom. The highest BCUT2D eigenvalue weighted by Crippen LogP contribution is 2.09. The van der Waals surface area contributed by atoms with E-state index >= 15 is 0 Å². The second kappa shape index (κ2) is 13.6. The average molecular weight is 299 g/mol. The number of nitrogens with two attached hydrogens (primary N) is 1. The van der Waals surface area contributed by atoms with Crippen LogP contribution in [0.5, 0.6) is 0 Å². The van der Waals surface area contributed by atoms with Crippen molar-refractivity contribution in [1.82, 2.24) is 0 Å². The maximum Gasteiger partial charge on any atom is 0.322 e. The number of hydrogen-bond acceptors (Lipinski definition) is 4. The van der Waals surface area contributed by atoms with Gasteiger partial charge >= 0.3 is 11.9 Å². The fraction of sp³-hybridized carbons (Fsp3) is 0.750. The van der Waals surface area contributed by atoms with Crippen LogP contribution < -0.4 is 5.73 Å². The third-order valence-electron chi connectivity index (χ3n) is 3.27. The second-order valence-corrected chi connectivity index (χ2v) is 5.26. The first-order chi connectivity index (χ1) is 10.1. The number of allylic oxidation sites excluding steroid dienone is 1. The van der Waals surface area contributed by atoms with Crippen molar-refractivity contribution in [3.05, 3.63) is 12.7 Å². The molecule has 0 bridgehead atoms. The molecule has 0 saturated heterocycles. The molecular formula is C16H29NO4. The summed E-state index contributed by atoms with van der Waals surface area (Å²) in [6.07, 6.45) is 11.0. The summed E-state index contributed by atoms with van der Waals surface area (Å²) in [6.45, 7) is 4.07. The molecule has 0 rings (SSSR count). The van der Waals surface area contributed by atoms with Crippen molar-refractivity contribution in [2.24, 2.45) is 5.73 Å². The lowest BCUT2D eigenvalue weighted by Crippen LogP contribution is -2.33. The van der Waals surface area contributed by atoms with Crippen LogP contribution in [-0.4, -0.2) is 29.7 Å². The van der Waals surface area contributed by atoms with Crippen molar-refractivity contribution in [2.45, 2.75) is 70.3 Å². The number of ether oxygens (including phenoxy) is 1. The molecule has 122 valence electrons. The van der Waals surface area contributed by atoms with Gasteiger partial charge in [-0.05, 0) is 25.7 Å². The van der Waals surface area contributed by atoms with Gasteiger partial charge in [0.1, 0.15) is 6.04 Å². The quantitative estimate of drug-likeness (QED) is 0.292. The zero-order valence-electron chi connectivity index (χ0n) is 12.9. The summed E-state index contributed by atoms with van der Waals surface area (Å²) >= 11 is 0. The normalized spacial score (nSPS) is 11.9. The molecule has 3 N–H and O–H groups in total. The van der Waals surface area contributed by atoms with Crippen LogP contribution in [0.15, 0.2) is 12.7 Å². The fourth-order valence-electron chi connectivity index (χ4n) is 1.95. The Hall–Kier alpha value is -1.36. The van der Waals surface area contributed by atoms with Gasteiger partial charge in [0.25, 0.3) is 0 Å². The number of carbonyl (C=O) groups is 2. The minimum Gasteiger partial charge on any atom is -0.481 e. The first kappa shape index (κ1) is 19.6. The summed E-state index contributed by atoms with van der Waals surface area (Å²) in [4.78, 5) is 21.8. The first-order valence-electron chi connectivity index (χ1n) is 7.82. The standard InChI is InChI=1S/C16H29NO4/c1-2-3-4-5-6-7-8-9-10-13-21-16(20)14(17)11-12-15(18)19/h2,14H,1,3-13,17H2,(H,18,19)/t14-/m0/s1. The van der Waals surface area contributed by atoms with Crippen molar-refractivity contribution in [2.75, 3.05) is 6.61 Å². The SMILES string of the molecule is C=CCCCCCCCCCOC(=O)[C@@H](N)CCC(=O)O. The molecule has 0 unspecified atom stereocenters. The van der Waals surface area contributed by atoms with Gasteiger partial charge in [0.05, 0.1) is 6.61 Å². The Bertz CT molecular complexity index is 305. The van der Waals surface area contributed by atoms with E-state index in [0.29, 0.717) is 6.61 Å². The summed E-state index contributed by atoms with van der Waals surface area (Å²) in [6, 6.07) is -0.828. The Kier molecular flexibility index (Phi) is 12.7. The predicted octanol–water partition coefficient (Wildman–Crippen LogP) is 3.03. The number of aliphatic carboxylic acids is 1. The molecule has 0 aromatic carbocycles. The lowest BCUT2D eigenvalue weighted by molar-refractivity contribution is -0.145. The molecule has 5 heteroatoms. The molecular weight excluding hydrogens is 270 g/mol. The molecule has 0 saturated carbocycles. The lowest BCUT2D eigenvalue weighted by atomic mass is 10.1. The minimum atomic E-state index is -0.952. The molecule has 1 atom stereocenters. The summed E-state index contributed by atoms with van der Waals surface area (Å²) in [7, 11) is 0. The van der Waals surface area contributed by atoms with Crippen LogP contribution in [0.25, 0.3) is 0 Å². The number of unbranched alkanes of at least 4 members (excludes halogenated alkanes) is 7. The highest BCUT2D eigenvalue weighted by atomic mass is 16.5. The molecule has 5 nitrogen and oxygen atoms in total. The fourth-order valence-corrected chi connectivity index (χ4v) is 1.95. The van der Waals surface area contributed by atoms with Gasteiger partial charge in [-0.1, -0.05) is 38.2 Å². The Morgan fingerprint density at radius 3 is 2.24 bits per heavy atom. The summed E-state index contributed by atoms with van der Waals surface area (Å²) in [5, 5.41) is 8.50. The predicted molar refractivity (Wildman–Crippen MR) is 82.9 cm³/mol. The van der Waals surface area contributed by atoms with Crippen LogP contribution in [0.2, 0.25) is 0 Å². The number of rotatable bonds is 14. The van der Waals surface area contributed by atoms with E-state index in [1.807, 2.05) is 6.08 Å². The number of carboxylic acids is 1. The smallest absolute Gasteiger partial charge is 0.322 e. The van der Waals surface area contributed by atoms with Gasteiger partial charge < -0.3 is 15.6 Å². The van der Waals surface area contributed by atoms with Crippen LogP contribution in [0, 0.1) is 0 Å². The number of carboxylic acid groups (broad SMARTS) is 1. The maximum atomic E-state index is 11.4. The number of hydrogen-bond donors (Lipinski definition) is 2. The molecule has 0 aromatic heterocycles. The highest BCUT2D eigenvalue weighted by molar-refractivity contribution is 5.76. The molecule has 0 amide bonds. The second-order valence-electron chi connectivity index (χ2n) is 5.26. The summed E-state index contributed by atoms with van der Waals surface area (Å²) in [5.74, 6) is -1.45. The van der Waals surface area contributed by atoms with E-state index in [0.717, 1.165) is 25.7 Å². The Balaban J connectivity index is 3.35. The van der Waals surface area contributed by atoms with E-state index in [4.69, 9.17) is 15.6 Å². The molecule has 0 fully saturated rings. The minimum absolute atomic E-state index is 0.109. The lowest BCUT2D eigenvalue weighted by Gasteiger charge is -2.10. The molecule has 0 spiro atoms. The zero-order valence-corrected chi connectivity index (χ0v) is 12.9. The van der Waals surface area contributed by atoms with Gasteiger partial charge in [-0.3, -0.25) is 9.59 Å². The largest absolute Gasteiger partial charge is 0.481 e. The van der Waals surface area contributed by atoms with Crippen molar-refractivity contribution < 1.29 is 19.4 Å². The first-order valence-corrected chi connectivity index (χ1v) is 7.82. The van der Waals surface area contributed by atoms with Crippen LogP contribution >= 0.6 is 0 Å². The van der Waals surface area contributed by atoms with E-state index in [-0.39, 0.29) is 12.8 Å². The van der Waals surface area contributed by atoms with Crippen molar-refractivity contribution in [3.8, 4) is 0 Å². The van der Waals surface area contributed by atoms with Gasteiger partial charge in [0.15, 0.2) is 0 Å². The number of carbonyl (C=O) groups excluding carboxylic acids is 1. The molecule has 21 heavy (non-hydrogen) atoms. The summed E-state index contributed by atoms with van der Waals surface area (Å²) in [5.41, 5.74) is 5.54. The molecule has 0 aliphatic rings. The van der Waals surface area contributed by atoms with Crippen LogP contribution in [0.3, 0.4) is 0 Å². The molecule has 0 aliphatic carbocycles. The summed E-state index contributed by atoms with van der Waals surface area (Å²) < 4.78 is 5.03. The Morgan fingerprint density at radius 2 is 1.67 bits per heavy atom. The third-order valence-corrected chi connectivity index (χ3v) is 3.27. The van der Waals surface area contributed by atoms with Crippen molar-refractivity contribution >= 4 is 11.9 Å². The van der Waals surface area contributed by atoms with E-state index in [1.165, 1.54) is 25.7 Å². The monoisotopic (exact) mass is 299 g/mol. The van der Waals surface area contributed by atoms with Gasteiger partial charge in [0, 0.05) is 6.42 Å². The van der Waals surface area contributed by atoms with Gasteiger partial charge in [-0.15, -0.1) is 6.58 Å². The maximum absolute atomic E-state index is 11.4. The molecule has 0 radical (unpaired) electrons. The van der Waals surface area contributed by atoms with E-state index in [2.05, 4.69) is 6.58 Å². The Labute approximate surface area is 127 Å². The molecule has 0 aromatic rings. The van der Waals surface area contributed by atoms with E-state index in [1.54, 1.807) is 0 Å². The van der Waals surface area contributed by atoms with E-state index < -0.39 is 18.0 Å². The van der Waals surface area contributed by atoms with E-state index in [9.17, 15) is 9.59 Å².